The van der Waals surface area contributed by atoms with E-state index in [1.807, 2.05) is 27.9 Å². The second kappa shape index (κ2) is 9.89. The molecule has 2 aliphatic heterocycles. The van der Waals surface area contributed by atoms with E-state index >= 15 is 0 Å². The second-order valence-corrected chi connectivity index (χ2v) is 8.27. The summed E-state index contributed by atoms with van der Waals surface area (Å²) < 4.78 is 7.06. The monoisotopic (exact) mass is 409 g/mol. The predicted molar refractivity (Wildman–Crippen MR) is 116 cm³/mol. The van der Waals surface area contributed by atoms with E-state index in [0.717, 1.165) is 57.9 Å². The van der Waals surface area contributed by atoms with Gasteiger partial charge in [0.05, 0.1) is 13.3 Å². The quantitative estimate of drug-likeness (QED) is 0.704. The first-order valence-corrected chi connectivity index (χ1v) is 10.9. The molecule has 7 heteroatoms. The van der Waals surface area contributed by atoms with Gasteiger partial charge in [0.15, 0.2) is 5.69 Å². The first-order valence-electron chi connectivity index (χ1n) is 10.9. The Labute approximate surface area is 178 Å². The van der Waals surface area contributed by atoms with Gasteiger partial charge in [0.2, 0.25) is 0 Å². The molecule has 1 unspecified atom stereocenters. The Balaban J connectivity index is 1.26. The summed E-state index contributed by atoms with van der Waals surface area (Å²) in [7, 11) is 1.68. The third-order valence-electron chi connectivity index (χ3n) is 5.99. The minimum Gasteiger partial charge on any atom is -0.497 e. The fraction of sp³-hybridized carbons (Fsp3) is 0.522. The minimum atomic E-state index is 0.0210. The van der Waals surface area contributed by atoms with E-state index in [9.17, 15) is 4.79 Å². The summed E-state index contributed by atoms with van der Waals surface area (Å²) in [6, 6.07) is 8.11. The van der Waals surface area contributed by atoms with Crippen molar-refractivity contribution in [2.45, 2.75) is 32.2 Å². The molecule has 0 aliphatic carbocycles. The minimum absolute atomic E-state index is 0.0210. The van der Waals surface area contributed by atoms with Gasteiger partial charge in [-0.25, -0.2) is 0 Å². The largest absolute Gasteiger partial charge is 0.497 e. The Morgan fingerprint density at radius 3 is 2.73 bits per heavy atom. The molecule has 2 saturated heterocycles. The Kier molecular flexibility index (Phi) is 6.79. The number of benzene rings is 1. The smallest absolute Gasteiger partial charge is 0.276 e. The van der Waals surface area contributed by atoms with Crippen LogP contribution >= 0.6 is 0 Å². The summed E-state index contributed by atoms with van der Waals surface area (Å²) in [6.07, 6.45) is 10.8. The van der Waals surface area contributed by atoms with Crippen molar-refractivity contribution in [2.24, 2.45) is 5.92 Å². The van der Waals surface area contributed by atoms with Crippen LogP contribution in [0.4, 0.5) is 0 Å². The molecule has 160 valence electrons. The van der Waals surface area contributed by atoms with Gasteiger partial charge in [0.1, 0.15) is 5.75 Å². The Bertz CT molecular complexity index is 855. The van der Waals surface area contributed by atoms with Gasteiger partial charge in [-0.15, -0.1) is 5.10 Å². The maximum absolute atomic E-state index is 12.5. The van der Waals surface area contributed by atoms with E-state index in [1.54, 1.807) is 7.11 Å². The molecule has 1 atom stereocenters. The topological polar surface area (TPSA) is 63.5 Å². The van der Waals surface area contributed by atoms with Crippen LogP contribution in [0.3, 0.4) is 0 Å². The average Bonchev–Trinajstić information content (AvgIpc) is 3.47. The van der Waals surface area contributed by atoms with Crippen molar-refractivity contribution in [1.29, 1.82) is 0 Å². The molecule has 4 rings (SSSR count). The van der Waals surface area contributed by atoms with Crippen LogP contribution in [0.15, 0.2) is 36.5 Å². The van der Waals surface area contributed by atoms with Gasteiger partial charge in [-0.05, 0) is 55.8 Å². The zero-order valence-corrected chi connectivity index (χ0v) is 17.7. The number of ether oxygens (including phenoxy) is 1. The van der Waals surface area contributed by atoms with Crippen molar-refractivity contribution in [3.05, 3.63) is 47.8 Å². The predicted octanol–water partition coefficient (Wildman–Crippen LogP) is 2.95. The lowest BCUT2D eigenvalue weighted by Gasteiger charge is -2.31. The normalized spacial score (nSPS) is 20.2. The third kappa shape index (κ3) is 5.27. The van der Waals surface area contributed by atoms with Crippen molar-refractivity contribution in [1.82, 2.24) is 24.8 Å². The SMILES string of the molecule is COc1ccc(/C=C/CN2CCCC(Cn3cc(C(=O)N4CCCC4)nn3)C2)cc1. The molecule has 30 heavy (non-hydrogen) atoms. The molecule has 0 spiro atoms. The molecule has 0 saturated carbocycles. The molecule has 2 fully saturated rings. The fourth-order valence-corrected chi connectivity index (χ4v) is 4.35. The van der Waals surface area contributed by atoms with Crippen LogP contribution < -0.4 is 4.74 Å². The van der Waals surface area contributed by atoms with Crippen molar-refractivity contribution < 1.29 is 9.53 Å². The molecule has 1 amide bonds. The van der Waals surface area contributed by atoms with Gasteiger partial charge in [0.25, 0.3) is 5.91 Å². The average molecular weight is 410 g/mol. The summed E-state index contributed by atoms with van der Waals surface area (Å²) in [5.41, 5.74) is 1.66. The van der Waals surface area contributed by atoms with Crippen molar-refractivity contribution >= 4 is 12.0 Å². The number of nitrogens with zero attached hydrogens (tertiary/aromatic N) is 5. The number of hydrogen-bond donors (Lipinski definition) is 0. The Morgan fingerprint density at radius 2 is 1.97 bits per heavy atom. The summed E-state index contributed by atoms with van der Waals surface area (Å²) in [5.74, 6) is 1.43. The second-order valence-electron chi connectivity index (χ2n) is 8.27. The molecule has 1 aromatic heterocycles. The van der Waals surface area contributed by atoms with Gasteiger partial charge >= 0.3 is 0 Å². The highest BCUT2D eigenvalue weighted by atomic mass is 16.5. The molecule has 2 aromatic rings. The molecular weight excluding hydrogens is 378 g/mol. The maximum Gasteiger partial charge on any atom is 0.276 e. The van der Waals surface area contributed by atoms with Crippen LogP contribution in [0.1, 0.15) is 41.7 Å². The van der Waals surface area contributed by atoms with Crippen molar-refractivity contribution in [3.8, 4) is 5.75 Å². The standard InChI is InChI=1S/C23H31N5O2/c1-30-21-10-8-19(9-11-21)6-4-12-26-13-5-7-20(16-26)17-28-18-22(24-25-28)23(29)27-14-2-3-15-27/h4,6,8-11,18,20H,2-3,5,7,12-17H2,1H3/b6-4+. The molecule has 3 heterocycles. The number of carbonyl (C=O) groups is 1. The number of methoxy groups -OCH3 is 1. The summed E-state index contributed by atoms with van der Waals surface area (Å²) in [6.45, 7) is 5.61. The van der Waals surface area contributed by atoms with Gasteiger partial charge in [-0.2, -0.15) is 0 Å². The van der Waals surface area contributed by atoms with Crippen molar-refractivity contribution in [2.75, 3.05) is 39.8 Å². The van der Waals surface area contributed by atoms with Crippen LogP contribution in [-0.2, 0) is 6.54 Å². The highest BCUT2D eigenvalue weighted by Gasteiger charge is 2.24. The van der Waals surface area contributed by atoms with Gasteiger partial charge < -0.3 is 9.64 Å². The number of likely N-dealkylation sites (tertiary alicyclic amines) is 2. The van der Waals surface area contributed by atoms with E-state index in [-0.39, 0.29) is 5.91 Å². The lowest BCUT2D eigenvalue weighted by atomic mass is 9.98. The third-order valence-corrected chi connectivity index (χ3v) is 5.99. The molecule has 0 N–H and O–H groups in total. The van der Waals surface area contributed by atoms with Crippen molar-refractivity contribution in [3.63, 3.8) is 0 Å². The van der Waals surface area contributed by atoms with Crippen LogP contribution in [-0.4, -0.2) is 70.5 Å². The number of hydrogen-bond acceptors (Lipinski definition) is 5. The van der Waals surface area contributed by atoms with Gasteiger partial charge in [-0.1, -0.05) is 29.5 Å². The lowest BCUT2D eigenvalue weighted by molar-refractivity contribution is 0.0787. The van der Waals surface area contributed by atoms with E-state index in [4.69, 9.17) is 4.74 Å². The summed E-state index contributed by atoms with van der Waals surface area (Å²) in [4.78, 5) is 16.8. The van der Waals surface area contributed by atoms with Crippen LogP contribution in [0.2, 0.25) is 0 Å². The van der Waals surface area contributed by atoms with E-state index in [1.165, 1.54) is 18.4 Å². The van der Waals surface area contributed by atoms with E-state index < -0.39 is 0 Å². The highest BCUT2D eigenvalue weighted by Crippen LogP contribution is 2.19. The van der Waals surface area contributed by atoms with Gasteiger partial charge in [-0.3, -0.25) is 14.4 Å². The molecule has 2 aliphatic rings. The van der Waals surface area contributed by atoms with E-state index in [0.29, 0.717) is 11.6 Å². The lowest BCUT2D eigenvalue weighted by Crippen LogP contribution is -2.37. The highest BCUT2D eigenvalue weighted by molar-refractivity contribution is 5.92. The summed E-state index contributed by atoms with van der Waals surface area (Å²) >= 11 is 0. The number of carbonyl (C=O) groups excluding carboxylic acids is 1. The number of amides is 1. The molecule has 1 aromatic carbocycles. The molecule has 0 radical (unpaired) electrons. The first kappa shape index (κ1) is 20.6. The zero-order chi connectivity index (χ0) is 20.8. The molecule has 0 bridgehead atoms. The van der Waals surface area contributed by atoms with Crippen LogP contribution in [0.25, 0.3) is 6.08 Å². The summed E-state index contributed by atoms with van der Waals surface area (Å²) in [5, 5.41) is 8.35. The zero-order valence-electron chi connectivity index (χ0n) is 17.7. The fourth-order valence-electron chi connectivity index (χ4n) is 4.35. The van der Waals surface area contributed by atoms with Crippen LogP contribution in [0, 0.1) is 5.92 Å². The number of aromatic nitrogens is 3. The van der Waals surface area contributed by atoms with E-state index in [2.05, 4.69) is 39.5 Å². The molecular formula is C23H31N5O2. The number of piperidine rings is 1. The first-order chi connectivity index (χ1) is 14.7. The maximum atomic E-state index is 12.5. The number of rotatable bonds is 7. The molecule has 7 nitrogen and oxygen atoms in total. The Hall–Kier alpha value is -2.67. The van der Waals surface area contributed by atoms with Crippen LogP contribution in [0.5, 0.6) is 5.75 Å². The Morgan fingerprint density at radius 1 is 1.17 bits per heavy atom. The van der Waals surface area contributed by atoms with Gasteiger partial charge in [0, 0.05) is 32.7 Å².